The Labute approximate surface area is 77.2 Å². The van der Waals surface area contributed by atoms with E-state index in [9.17, 15) is 0 Å². The van der Waals surface area contributed by atoms with Crippen LogP contribution >= 0.6 is 12.2 Å². The number of thiocarbonyl (C=S) groups is 1. The highest BCUT2D eigenvalue weighted by Crippen LogP contribution is 2.03. The van der Waals surface area contributed by atoms with Crippen LogP contribution in [0.4, 0.5) is 0 Å². The van der Waals surface area contributed by atoms with Crippen LogP contribution in [-0.4, -0.2) is 21.3 Å². The fourth-order valence-electron chi connectivity index (χ4n) is 0.620. The molecule has 3 heteroatoms. The van der Waals surface area contributed by atoms with Crippen LogP contribution in [0, 0.1) is 0 Å². The van der Waals surface area contributed by atoms with Crippen LogP contribution in [0.2, 0.25) is 0 Å². The van der Waals surface area contributed by atoms with Crippen LogP contribution in [0.25, 0.3) is 0 Å². The Morgan fingerprint density at radius 2 is 2.09 bits per heavy atom. The summed E-state index contributed by atoms with van der Waals surface area (Å²) in [4.78, 5) is 0.946. The molecule has 11 heavy (non-hydrogen) atoms. The Bertz CT molecular complexity index is 154. The van der Waals surface area contributed by atoms with Crippen LogP contribution in [0.3, 0.4) is 0 Å². The molecule has 0 saturated carbocycles. The van der Waals surface area contributed by atoms with Crippen molar-refractivity contribution in [3.05, 3.63) is 11.8 Å². The van der Waals surface area contributed by atoms with E-state index in [4.69, 9.17) is 17.0 Å². The van der Waals surface area contributed by atoms with Gasteiger partial charge in [0.05, 0.1) is 22.2 Å². The van der Waals surface area contributed by atoms with Crippen LogP contribution in [0.15, 0.2) is 11.8 Å². The Hall–Kier alpha value is -0.153. The van der Waals surface area contributed by atoms with Gasteiger partial charge in [-0.15, -0.1) is 0 Å². The zero-order chi connectivity index (χ0) is 8.69. The third-order valence-electron chi connectivity index (χ3n) is 1.28. The Morgan fingerprint density at radius 3 is 2.45 bits per heavy atom. The molecule has 0 aliphatic heterocycles. The second kappa shape index (κ2) is 6.55. The lowest BCUT2D eigenvalue weighted by atomic mass is 10.2. The molecular weight excluding hydrogens is 172 g/mol. The lowest BCUT2D eigenvalue weighted by Gasteiger charge is -2.05. The van der Waals surface area contributed by atoms with Crippen molar-refractivity contribution in [2.24, 2.45) is 0 Å². The predicted octanol–water partition coefficient (Wildman–Crippen LogP) is 2.20. The van der Waals surface area contributed by atoms with E-state index in [0.29, 0.717) is 6.23 Å². The van der Waals surface area contributed by atoms with Crippen LogP contribution < -0.4 is 0 Å². The summed E-state index contributed by atoms with van der Waals surface area (Å²) in [6.45, 7) is 4.09. The molecule has 61 valence electrons. The van der Waals surface area contributed by atoms with Gasteiger partial charge >= 0.3 is 0 Å². The Morgan fingerprint density at radius 1 is 1.45 bits per heavy atom. The first-order chi connectivity index (χ1) is 5.24. The van der Waals surface area contributed by atoms with E-state index in [1.807, 2.05) is 19.9 Å². The highest BCUT2D eigenvalue weighted by atomic mass is 32.1. The predicted molar refractivity (Wildman–Crippen MR) is 53.0 cm³/mol. The van der Waals surface area contributed by atoms with Gasteiger partial charge in [0.2, 0.25) is 0 Å². The molecule has 3 radical (unpaired) electrons. The normalized spacial score (nSPS) is 11.4. The molecule has 0 saturated heterocycles. The second-order valence-electron chi connectivity index (χ2n) is 2.07. The first-order valence-corrected chi connectivity index (χ1v) is 4.86. The maximum absolute atomic E-state index is 5.25. The van der Waals surface area contributed by atoms with Gasteiger partial charge in [-0.1, -0.05) is 26.1 Å². The minimum atomic E-state index is 0.534. The molecule has 0 aliphatic carbocycles. The van der Waals surface area contributed by atoms with Gasteiger partial charge in [-0.2, -0.15) is 0 Å². The van der Waals surface area contributed by atoms with Gasteiger partial charge in [-0.25, -0.2) is 0 Å². The zero-order valence-electron chi connectivity index (χ0n) is 7.02. The number of rotatable bonds is 5. The molecule has 1 nitrogen and oxygen atoms in total. The highest BCUT2D eigenvalue weighted by Gasteiger charge is 1.94. The maximum Gasteiger partial charge on any atom is 0.0962 e. The van der Waals surface area contributed by atoms with Crippen molar-refractivity contribution in [2.45, 2.75) is 26.7 Å². The molecule has 0 aromatic carbocycles. The molecule has 0 bridgehead atoms. The molecule has 0 aromatic rings. The minimum absolute atomic E-state index is 0.534. The summed E-state index contributed by atoms with van der Waals surface area (Å²) < 4.78 is 5.25. The van der Waals surface area contributed by atoms with Crippen molar-refractivity contribution < 1.29 is 4.74 Å². The average molecular weight is 185 g/mol. The zero-order valence-corrected chi connectivity index (χ0v) is 8.83. The molecule has 0 unspecified atom stereocenters. The summed E-state index contributed by atoms with van der Waals surface area (Å²) >= 11 is 5.04. The first-order valence-electron chi connectivity index (χ1n) is 3.75. The molecule has 0 amide bonds. The molecule has 0 aromatic heterocycles. The van der Waals surface area contributed by atoms with E-state index < -0.39 is 0 Å². The Kier molecular flexibility index (Phi) is 6.46. The molecule has 0 atom stereocenters. The summed E-state index contributed by atoms with van der Waals surface area (Å²) in [6, 6.07) is 0. The number of hydrogen-bond donors (Lipinski definition) is 0. The first kappa shape index (κ1) is 10.8. The quantitative estimate of drug-likeness (QED) is 0.281. The van der Waals surface area contributed by atoms with Crippen LogP contribution in [0.1, 0.15) is 26.7 Å². The summed E-state index contributed by atoms with van der Waals surface area (Å²) in [6.07, 6.45) is 4.26. The smallest absolute Gasteiger partial charge is 0.0962 e. The lowest BCUT2D eigenvalue weighted by molar-refractivity contribution is 0.259. The third kappa shape index (κ3) is 5.15. The van der Waals surface area contributed by atoms with Crippen molar-refractivity contribution in [2.75, 3.05) is 6.23 Å². The highest BCUT2D eigenvalue weighted by molar-refractivity contribution is 7.80. The topological polar surface area (TPSA) is 9.23 Å². The van der Waals surface area contributed by atoms with E-state index in [1.54, 1.807) is 0 Å². The molecular formula is C8H13OSSi. The molecule has 0 aliphatic rings. The van der Waals surface area contributed by atoms with Gasteiger partial charge in [-0.05, 0) is 12.5 Å². The van der Waals surface area contributed by atoms with Gasteiger partial charge in [-0.3, -0.25) is 0 Å². The number of ether oxygens (including phenoxy) is 1. The van der Waals surface area contributed by atoms with E-state index in [2.05, 4.69) is 10.2 Å². The van der Waals surface area contributed by atoms with Gasteiger partial charge in [0.15, 0.2) is 0 Å². The summed E-state index contributed by atoms with van der Waals surface area (Å²) in [5, 5.41) is 0. The summed E-state index contributed by atoms with van der Waals surface area (Å²) in [5.74, 6) is 0.951. The van der Waals surface area contributed by atoms with Crippen LogP contribution in [-0.2, 0) is 4.74 Å². The van der Waals surface area contributed by atoms with Crippen molar-refractivity contribution in [3.63, 3.8) is 0 Å². The molecule has 0 fully saturated rings. The van der Waals surface area contributed by atoms with Crippen molar-refractivity contribution >= 4 is 27.3 Å². The van der Waals surface area contributed by atoms with E-state index in [0.717, 1.165) is 23.5 Å². The van der Waals surface area contributed by atoms with E-state index in [-0.39, 0.29) is 0 Å². The lowest BCUT2D eigenvalue weighted by Crippen LogP contribution is -1.96. The van der Waals surface area contributed by atoms with E-state index >= 15 is 0 Å². The number of allylic oxidation sites excluding steroid dienone is 2. The average Bonchev–Trinajstić information content (AvgIpc) is 2.03. The molecule has 0 spiro atoms. The SMILES string of the molecule is CCC(=S)/C=C(/CC)OC[Si]. The third-order valence-corrected chi connectivity index (χ3v) is 1.83. The summed E-state index contributed by atoms with van der Waals surface area (Å²) in [5.41, 5.74) is 0. The molecule has 0 heterocycles. The monoisotopic (exact) mass is 185 g/mol. The number of hydrogen-bond acceptors (Lipinski definition) is 2. The maximum atomic E-state index is 5.25. The van der Waals surface area contributed by atoms with Gasteiger partial charge in [0.25, 0.3) is 0 Å². The Balaban J connectivity index is 3.99. The van der Waals surface area contributed by atoms with E-state index in [1.165, 1.54) is 0 Å². The fourth-order valence-corrected chi connectivity index (χ4v) is 0.937. The van der Waals surface area contributed by atoms with Crippen molar-refractivity contribution in [3.8, 4) is 0 Å². The molecule has 0 N–H and O–H groups in total. The van der Waals surface area contributed by atoms with Crippen molar-refractivity contribution in [1.29, 1.82) is 0 Å². The fraction of sp³-hybridized carbons (Fsp3) is 0.625. The van der Waals surface area contributed by atoms with Crippen molar-refractivity contribution in [1.82, 2.24) is 0 Å². The van der Waals surface area contributed by atoms with Gasteiger partial charge < -0.3 is 4.74 Å². The largest absolute Gasteiger partial charge is 0.502 e. The minimum Gasteiger partial charge on any atom is -0.502 e. The molecule has 0 rings (SSSR count). The van der Waals surface area contributed by atoms with Gasteiger partial charge in [0, 0.05) is 11.3 Å². The van der Waals surface area contributed by atoms with Crippen LogP contribution in [0.5, 0.6) is 0 Å². The summed E-state index contributed by atoms with van der Waals surface area (Å²) in [7, 11) is 3.24. The second-order valence-corrected chi connectivity index (χ2v) is 2.89. The standard InChI is InChI=1S/C8H13OSSi/c1-3-7(9-6-11)5-8(10)4-2/h5H,3-4,6H2,1-2H3/b7-5-. The van der Waals surface area contributed by atoms with Gasteiger partial charge in [0.1, 0.15) is 0 Å².